The highest BCUT2D eigenvalue weighted by Crippen LogP contribution is 2.39. The quantitative estimate of drug-likeness (QED) is 0.0330. The van der Waals surface area contributed by atoms with Crippen molar-refractivity contribution in [3.63, 3.8) is 0 Å². The molecule has 0 saturated heterocycles. The molecular weight excluding hydrogens is 1050 g/mol. The predicted molar refractivity (Wildman–Crippen MR) is 313 cm³/mol. The van der Waals surface area contributed by atoms with Gasteiger partial charge in [0.25, 0.3) is 21.6 Å². The van der Waals surface area contributed by atoms with E-state index < -0.39 is 20.9 Å². The number of rotatable bonds is 20. The van der Waals surface area contributed by atoms with E-state index in [2.05, 4.69) is 86.6 Å². The summed E-state index contributed by atoms with van der Waals surface area (Å²) < 4.78 is 80.5. The summed E-state index contributed by atoms with van der Waals surface area (Å²) in [5.74, 6) is 2.89. The Morgan fingerprint density at radius 3 is 1.32 bits per heavy atom. The molecule has 1 aliphatic carbocycles. The zero-order chi connectivity index (χ0) is 56.7. The maximum atomic E-state index is 13.4. The first-order valence-corrected chi connectivity index (χ1v) is 30.4. The van der Waals surface area contributed by atoms with Gasteiger partial charge in [-0.25, -0.2) is 13.1 Å². The molecule has 0 aromatic heterocycles. The second kappa shape index (κ2) is 31.2. The summed E-state index contributed by atoms with van der Waals surface area (Å²) in [5.41, 5.74) is 8.06. The van der Waals surface area contributed by atoms with Crippen molar-refractivity contribution in [2.75, 3.05) is 66.1 Å². The number of ether oxygens (including phenoxy) is 8. The van der Waals surface area contributed by atoms with Gasteiger partial charge in [0.1, 0.15) is 49.4 Å². The van der Waals surface area contributed by atoms with Crippen LogP contribution >= 0.6 is 0 Å². The van der Waals surface area contributed by atoms with E-state index in [4.69, 9.17) is 37.9 Å². The van der Waals surface area contributed by atoms with Crippen molar-refractivity contribution < 1.29 is 56.0 Å². The van der Waals surface area contributed by atoms with Gasteiger partial charge in [0, 0.05) is 43.4 Å². The summed E-state index contributed by atoms with van der Waals surface area (Å²) in [6.07, 6.45) is 16.2. The Hall–Kier alpha value is -7.14. The van der Waals surface area contributed by atoms with E-state index >= 15 is 0 Å². The maximum Gasteiger partial charge on any atom is 0.269 e. The Morgan fingerprint density at radius 2 is 0.889 bits per heavy atom. The molecule has 2 aliphatic heterocycles. The van der Waals surface area contributed by atoms with E-state index in [1.165, 1.54) is 69.6 Å². The molecule has 81 heavy (non-hydrogen) atoms. The maximum absolute atomic E-state index is 13.4. The molecule has 0 spiro atoms. The van der Waals surface area contributed by atoms with E-state index in [-0.39, 0.29) is 74.8 Å². The third kappa shape index (κ3) is 17.4. The van der Waals surface area contributed by atoms with Crippen molar-refractivity contribution in [2.24, 2.45) is 0 Å². The molecule has 15 nitrogen and oxygen atoms in total. The fourth-order valence-corrected chi connectivity index (χ4v) is 11.2. The Bertz CT molecular complexity index is 3000. The van der Waals surface area contributed by atoms with Gasteiger partial charge in [-0.15, -0.1) is 0 Å². The Balaban J connectivity index is 1.11. The lowest BCUT2D eigenvalue weighted by atomic mass is 9.91. The minimum atomic E-state index is -4.39. The molecule has 10 bridgehead atoms. The molecular formula is C65H78N2O13S. The molecule has 6 aromatic carbocycles. The zero-order valence-corrected chi connectivity index (χ0v) is 47.8. The number of carbonyl (C=O) groups is 1. The molecule has 432 valence electrons. The standard InChI is InChI=1S/C65H78N2O13S/c1-3-5-7-9-11-13-33-77-61-48-19-15-21-50(61)45-54-25-18-26-55-46-51-22-16-20-49(62(51)78-34-14-12-10-8-6-4-2)44-53-24-17-23-52(43-48)63(53)79-41-37-73-35-39-75-59-32-27-56(47-60(59)76-40-36-74-38-42-80-64(54)55)65(68)66-81(71,72)58-30-28-57(29-31-58)67(69)70/h15-32,47H,3-14,33-46H2,1-2H3,(H,66,68). The second-order valence-electron chi connectivity index (χ2n) is 20.5. The van der Waals surface area contributed by atoms with Crippen molar-refractivity contribution in [1.29, 1.82) is 0 Å². The monoisotopic (exact) mass is 1130 g/mol. The predicted octanol–water partition coefficient (Wildman–Crippen LogP) is 13.1. The average Bonchev–Trinajstić information content (AvgIpc) is 3.63. The van der Waals surface area contributed by atoms with Crippen LogP contribution in [0.15, 0.2) is 120 Å². The van der Waals surface area contributed by atoms with Crippen LogP contribution in [0.3, 0.4) is 0 Å². The van der Waals surface area contributed by atoms with Crippen LogP contribution in [-0.4, -0.2) is 85.3 Å². The summed E-state index contributed by atoms with van der Waals surface area (Å²) in [4.78, 5) is 23.6. The van der Waals surface area contributed by atoms with Crippen LogP contribution in [0.2, 0.25) is 0 Å². The molecule has 6 aromatic rings. The molecule has 0 atom stereocenters. The number of fused-ring (bicyclic) bond motifs is 12. The van der Waals surface area contributed by atoms with Crippen LogP contribution < -0.4 is 33.1 Å². The van der Waals surface area contributed by atoms with Crippen LogP contribution in [0.4, 0.5) is 5.69 Å². The molecule has 16 heteroatoms. The van der Waals surface area contributed by atoms with Crippen LogP contribution in [0.1, 0.15) is 146 Å². The van der Waals surface area contributed by atoms with Gasteiger partial charge in [-0.3, -0.25) is 14.9 Å². The average molecular weight is 1130 g/mol. The second-order valence-corrected chi connectivity index (χ2v) is 22.2. The first-order chi connectivity index (χ1) is 39.6. The van der Waals surface area contributed by atoms with Crippen LogP contribution in [0, 0.1) is 10.1 Å². The van der Waals surface area contributed by atoms with E-state index in [1.807, 2.05) is 4.72 Å². The highest BCUT2D eigenvalue weighted by Gasteiger charge is 2.24. The van der Waals surface area contributed by atoms with Gasteiger partial charge in [-0.05, 0) is 87.7 Å². The number of hydrogen-bond donors (Lipinski definition) is 1. The molecule has 2 heterocycles. The van der Waals surface area contributed by atoms with Gasteiger partial charge >= 0.3 is 0 Å². The van der Waals surface area contributed by atoms with E-state index in [0.717, 1.165) is 117 Å². The SMILES string of the molecule is CCCCCCCCOc1c2cccc1Cc1cccc3c1OCCOCCOc1cc(C(=O)NS(=O)(=O)c4ccc([N+](=O)[O-])cc4)ccc1OCCOCCOc1c(cccc1Cc1cccc(c1OCCCCCCCC)C3)C2. The third-order valence-corrected chi connectivity index (χ3v) is 15.8. The number of nitro groups is 1. The number of hydrogen-bond acceptors (Lipinski definition) is 13. The normalized spacial score (nSPS) is 14.2. The smallest absolute Gasteiger partial charge is 0.269 e. The zero-order valence-electron chi connectivity index (χ0n) is 47.0. The number of sulfonamides is 1. The van der Waals surface area contributed by atoms with Gasteiger partial charge in [0.15, 0.2) is 11.5 Å². The lowest BCUT2D eigenvalue weighted by molar-refractivity contribution is -0.384. The number of unbranched alkanes of at least 4 members (excludes halogenated alkanes) is 10. The van der Waals surface area contributed by atoms with Gasteiger partial charge in [-0.2, -0.15) is 0 Å². The first kappa shape index (κ1) is 60.0. The number of para-hydroxylation sites is 4. The molecule has 0 saturated carbocycles. The summed E-state index contributed by atoms with van der Waals surface area (Å²) in [7, 11) is -4.39. The first-order valence-electron chi connectivity index (χ1n) is 28.9. The molecule has 1 N–H and O–H groups in total. The molecule has 0 unspecified atom stereocenters. The van der Waals surface area contributed by atoms with E-state index in [9.17, 15) is 23.3 Å². The van der Waals surface area contributed by atoms with Crippen molar-refractivity contribution in [1.82, 2.24) is 4.72 Å². The summed E-state index contributed by atoms with van der Waals surface area (Å²) >= 11 is 0. The Labute approximate surface area is 477 Å². The number of nitrogens with zero attached hydrogens (tertiary/aromatic N) is 1. The fraction of sp³-hybridized carbons (Fsp3) is 0.431. The van der Waals surface area contributed by atoms with E-state index in [1.54, 1.807) is 0 Å². The molecule has 0 fully saturated rings. The molecule has 9 rings (SSSR count). The van der Waals surface area contributed by atoms with E-state index in [0.29, 0.717) is 44.6 Å². The van der Waals surface area contributed by atoms with Crippen molar-refractivity contribution in [2.45, 2.75) is 121 Å². The molecule has 1 amide bonds. The molecule has 0 radical (unpaired) electrons. The highest BCUT2D eigenvalue weighted by molar-refractivity contribution is 7.90. The van der Waals surface area contributed by atoms with Crippen molar-refractivity contribution in [3.8, 4) is 34.5 Å². The summed E-state index contributed by atoms with van der Waals surface area (Å²) in [6.45, 7) is 7.18. The number of nitro benzene ring substituents is 1. The van der Waals surface area contributed by atoms with Gasteiger partial charge < -0.3 is 37.9 Å². The highest BCUT2D eigenvalue weighted by atomic mass is 32.2. The van der Waals surface area contributed by atoms with Crippen molar-refractivity contribution >= 4 is 21.6 Å². The third-order valence-electron chi connectivity index (χ3n) is 14.4. The van der Waals surface area contributed by atoms with Crippen LogP contribution in [0.25, 0.3) is 0 Å². The number of amides is 1. The largest absolute Gasteiger partial charge is 0.493 e. The lowest BCUT2D eigenvalue weighted by Gasteiger charge is -2.23. The van der Waals surface area contributed by atoms with Gasteiger partial charge in [-0.1, -0.05) is 151 Å². The minimum Gasteiger partial charge on any atom is -0.493 e. The van der Waals surface area contributed by atoms with Gasteiger partial charge in [0.05, 0.1) is 49.5 Å². The fourth-order valence-electron chi connectivity index (χ4n) is 10.2. The number of carbonyl (C=O) groups excluding carboxylic acids is 1. The Morgan fingerprint density at radius 1 is 0.494 bits per heavy atom. The minimum absolute atomic E-state index is 0.0292. The van der Waals surface area contributed by atoms with Crippen molar-refractivity contribution in [3.05, 3.63) is 175 Å². The molecule has 3 aliphatic rings. The number of nitrogens with one attached hydrogen (secondary N) is 1. The number of benzene rings is 6. The lowest BCUT2D eigenvalue weighted by Crippen LogP contribution is -2.30. The Kier molecular flexibility index (Phi) is 23.1. The van der Waals surface area contributed by atoms with Crippen LogP contribution in [0.5, 0.6) is 34.5 Å². The number of non-ortho nitro benzene ring substituents is 1. The summed E-state index contributed by atoms with van der Waals surface area (Å²) in [6, 6.07) is 34.3. The summed E-state index contributed by atoms with van der Waals surface area (Å²) in [5, 5.41) is 11.2. The van der Waals surface area contributed by atoms with Crippen LogP contribution in [-0.2, 0) is 45.2 Å². The van der Waals surface area contributed by atoms with Gasteiger partial charge in [0.2, 0.25) is 0 Å². The topological polar surface area (TPSA) is 180 Å².